The molecule has 5 heteroatoms. The van der Waals surface area contributed by atoms with Crippen LogP contribution >= 0.6 is 0 Å². The number of carbonyl (C=O) groups excluding carboxylic acids is 1. The van der Waals surface area contributed by atoms with E-state index in [2.05, 4.69) is 54.4 Å². The molecule has 1 saturated heterocycles. The number of rotatable bonds is 8. The first-order chi connectivity index (χ1) is 15.1. The Morgan fingerprint density at radius 1 is 1.16 bits per heavy atom. The lowest BCUT2D eigenvalue weighted by Gasteiger charge is -2.16. The minimum Gasteiger partial charge on any atom is -0.487 e. The van der Waals surface area contributed by atoms with Crippen molar-refractivity contribution in [2.24, 2.45) is 0 Å². The highest BCUT2D eigenvalue weighted by molar-refractivity contribution is 5.76. The SMILES string of the molecule is CC(C)c1ccc(OCc2cc(C3CCN(C(=O)CCc4ccccc4)C3)n[nH]2)cc1. The van der Waals surface area contributed by atoms with Crippen LogP contribution in [0.4, 0.5) is 0 Å². The van der Waals surface area contributed by atoms with Gasteiger partial charge in [0.2, 0.25) is 5.91 Å². The zero-order valence-corrected chi connectivity index (χ0v) is 18.4. The Hall–Kier alpha value is -3.08. The van der Waals surface area contributed by atoms with Gasteiger partial charge in [0.15, 0.2) is 0 Å². The molecule has 2 aromatic carbocycles. The quantitative estimate of drug-likeness (QED) is 0.557. The summed E-state index contributed by atoms with van der Waals surface area (Å²) in [5, 5.41) is 7.59. The number of amides is 1. The maximum absolute atomic E-state index is 12.6. The summed E-state index contributed by atoms with van der Waals surface area (Å²) in [4.78, 5) is 14.6. The highest BCUT2D eigenvalue weighted by atomic mass is 16.5. The minimum atomic E-state index is 0.232. The molecule has 0 radical (unpaired) electrons. The van der Waals surface area contributed by atoms with Gasteiger partial charge in [-0.1, -0.05) is 56.3 Å². The van der Waals surface area contributed by atoms with Crippen molar-refractivity contribution in [2.75, 3.05) is 13.1 Å². The van der Waals surface area contributed by atoms with Gasteiger partial charge in [0.05, 0.1) is 11.4 Å². The predicted molar refractivity (Wildman–Crippen MR) is 122 cm³/mol. The van der Waals surface area contributed by atoms with Crippen molar-refractivity contribution in [1.29, 1.82) is 0 Å². The topological polar surface area (TPSA) is 58.2 Å². The van der Waals surface area contributed by atoms with E-state index in [4.69, 9.17) is 4.74 Å². The standard InChI is InChI=1S/C26H31N3O2/c1-19(2)21-9-11-24(12-10-21)31-18-23-16-25(28-27-23)22-14-15-29(17-22)26(30)13-8-20-6-4-3-5-7-20/h3-7,9-12,16,19,22H,8,13-15,17-18H2,1-2H3,(H,27,28). The second-order valence-electron chi connectivity index (χ2n) is 8.64. The highest BCUT2D eigenvalue weighted by Gasteiger charge is 2.28. The summed E-state index contributed by atoms with van der Waals surface area (Å²) in [5.41, 5.74) is 4.49. The van der Waals surface area contributed by atoms with Crippen molar-refractivity contribution in [3.05, 3.63) is 83.2 Å². The summed E-state index contributed by atoms with van der Waals surface area (Å²) in [5.74, 6) is 1.89. The van der Waals surface area contributed by atoms with Gasteiger partial charge in [-0.3, -0.25) is 9.89 Å². The van der Waals surface area contributed by atoms with Gasteiger partial charge in [-0.25, -0.2) is 0 Å². The molecule has 1 aliphatic rings. The van der Waals surface area contributed by atoms with Crippen LogP contribution in [0.2, 0.25) is 0 Å². The molecule has 1 unspecified atom stereocenters. The van der Waals surface area contributed by atoms with E-state index in [9.17, 15) is 4.79 Å². The fourth-order valence-electron chi connectivity index (χ4n) is 4.05. The van der Waals surface area contributed by atoms with E-state index in [0.717, 1.165) is 43.1 Å². The number of benzene rings is 2. The average molecular weight is 418 g/mol. The van der Waals surface area contributed by atoms with Crippen LogP contribution in [0.3, 0.4) is 0 Å². The molecule has 0 saturated carbocycles. The van der Waals surface area contributed by atoms with Crippen molar-refractivity contribution < 1.29 is 9.53 Å². The molecule has 1 aliphatic heterocycles. The summed E-state index contributed by atoms with van der Waals surface area (Å²) < 4.78 is 5.90. The molecule has 2 heterocycles. The number of aryl methyl sites for hydroxylation is 1. The van der Waals surface area contributed by atoms with E-state index >= 15 is 0 Å². The molecular weight excluding hydrogens is 386 g/mol. The van der Waals surface area contributed by atoms with Crippen LogP contribution < -0.4 is 4.74 Å². The van der Waals surface area contributed by atoms with Crippen LogP contribution in [0.25, 0.3) is 0 Å². The maximum atomic E-state index is 12.6. The molecule has 1 N–H and O–H groups in total. The van der Waals surface area contributed by atoms with Gasteiger partial charge in [0, 0.05) is 25.4 Å². The molecular formula is C26H31N3O2. The lowest BCUT2D eigenvalue weighted by atomic mass is 10.0. The molecule has 0 bridgehead atoms. The highest BCUT2D eigenvalue weighted by Crippen LogP contribution is 2.27. The molecule has 0 spiro atoms. The van der Waals surface area contributed by atoms with Gasteiger partial charge in [0.1, 0.15) is 12.4 Å². The lowest BCUT2D eigenvalue weighted by molar-refractivity contribution is -0.130. The summed E-state index contributed by atoms with van der Waals surface area (Å²) >= 11 is 0. The van der Waals surface area contributed by atoms with Crippen molar-refractivity contribution >= 4 is 5.91 Å². The number of H-pyrrole nitrogens is 1. The summed E-state index contributed by atoms with van der Waals surface area (Å²) in [6, 6.07) is 20.5. The number of aromatic nitrogens is 2. The van der Waals surface area contributed by atoms with Gasteiger partial charge in [0.25, 0.3) is 0 Å². The summed E-state index contributed by atoms with van der Waals surface area (Å²) in [7, 11) is 0. The molecule has 0 aliphatic carbocycles. The Balaban J connectivity index is 1.26. The smallest absolute Gasteiger partial charge is 0.222 e. The lowest BCUT2D eigenvalue weighted by Crippen LogP contribution is -2.28. The maximum Gasteiger partial charge on any atom is 0.222 e. The van der Waals surface area contributed by atoms with Crippen LogP contribution in [0, 0.1) is 0 Å². The Kier molecular flexibility index (Phi) is 6.70. The van der Waals surface area contributed by atoms with Gasteiger partial charge >= 0.3 is 0 Å². The fraction of sp³-hybridized carbons (Fsp3) is 0.385. The first kappa shape index (κ1) is 21.2. The molecule has 162 valence electrons. The van der Waals surface area contributed by atoms with Gasteiger partial charge in [-0.05, 0) is 48.1 Å². The molecule has 3 aromatic rings. The number of likely N-dealkylation sites (tertiary alicyclic amines) is 1. The second kappa shape index (κ2) is 9.82. The molecule has 5 nitrogen and oxygen atoms in total. The van der Waals surface area contributed by atoms with Crippen LogP contribution in [0.15, 0.2) is 60.7 Å². The number of nitrogens with one attached hydrogen (secondary N) is 1. The monoisotopic (exact) mass is 417 g/mol. The molecule has 1 atom stereocenters. The average Bonchev–Trinajstić information content (AvgIpc) is 3.47. The summed E-state index contributed by atoms with van der Waals surface area (Å²) in [6.45, 7) is 6.38. The van der Waals surface area contributed by atoms with Crippen LogP contribution in [-0.4, -0.2) is 34.1 Å². The normalized spacial score (nSPS) is 16.1. The van der Waals surface area contributed by atoms with E-state index in [1.165, 1.54) is 11.1 Å². The summed E-state index contributed by atoms with van der Waals surface area (Å²) in [6.07, 6.45) is 2.31. The molecule has 4 rings (SSSR count). The largest absolute Gasteiger partial charge is 0.487 e. The molecule has 31 heavy (non-hydrogen) atoms. The molecule has 1 amide bonds. The fourth-order valence-corrected chi connectivity index (χ4v) is 4.05. The predicted octanol–water partition coefficient (Wildman–Crippen LogP) is 5.06. The van der Waals surface area contributed by atoms with Gasteiger partial charge in [-0.2, -0.15) is 5.10 Å². The number of hydrogen-bond donors (Lipinski definition) is 1. The van der Waals surface area contributed by atoms with Gasteiger partial charge < -0.3 is 9.64 Å². The number of nitrogens with zero attached hydrogens (tertiary/aromatic N) is 2. The zero-order chi connectivity index (χ0) is 21.6. The zero-order valence-electron chi connectivity index (χ0n) is 18.4. The van der Waals surface area contributed by atoms with Crippen LogP contribution in [0.1, 0.15) is 61.0 Å². The first-order valence-electron chi connectivity index (χ1n) is 11.2. The third-order valence-electron chi connectivity index (χ3n) is 6.02. The van der Waals surface area contributed by atoms with E-state index in [-0.39, 0.29) is 11.8 Å². The third-order valence-corrected chi connectivity index (χ3v) is 6.02. The number of ether oxygens (including phenoxy) is 1. The van der Waals surface area contributed by atoms with E-state index in [1.54, 1.807) is 0 Å². The minimum absolute atomic E-state index is 0.232. The van der Waals surface area contributed by atoms with E-state index in [1.807, 2.05) is 35.2 Å². The van der Waals surface area contributed by atoms with Crippen LogP contribution in [0.5, 0.6) is 5.75 Å². The van der Waals surface area contributed by atoms with E-state index < -0.39 is 0 Å². The van der Waals surface area contributed by atoms with E-state index in [0.29, 0.717) is 18.9 Å². The number of carbonyl (C=O) groups is 1. The molecule has 1 fully saturated rings. The Bertz CT molecular complexity index is 979. The Morgan fingerprint density at radius 3 is 2.68 bits per heavy atom. The number of hydrogen-bond acceptors (Lipinski definition) is 3. The number of aromatic amines is 1. The van der Waals surface area contributed by atoms with Crippen molar-refractivity contribution in [3.8, 4) is 5.75 Å². The van der Waals surface area contributed by atoms with Crippen molar-refractivity contribution in [3.63, 3.8) is 0 Å². The van der Waals surface area contributed by atoms with Crippen LogP contribution in [-0.2, 0) is 17.8 Å². The second-order valence-corrected chi connectivity index (χ2v) is 8.64. The molecule has 1 aromatic heterocycles. The third kappa shape index (κ3) is 5.54. The first-order valence-corrected chi connectivity index (χ1v) is 11.2. The Morgan fingerprint density at radius 2 is 1.94 bits per heavy atom. The van der Waals surface area contributed by atoms with Crippen molar-refractivity contribution in [1.82, 2.24) is 15.1 Å². The van der Waals surface area contributed by atoms with Gasteiger partial charge in [-0.15, -0.1) is 0 Å². The van der Waals surface area contributed by atoms with Crippen molar-refractivity contribution in [2.45, 2.75) is 51.6 Å². The Labute approximate surface area is 184 Å².